The maximum atomic E-state index is 12.3. The highest BCUT2D eigenvalue weighted by atomic mass is 16.6. The molecule has 2 aromatic rings. The molecule has 2 rings (SSSR count). The number of nitro benzene ring substituents is 1. The lowest BCUT2D eigenvalue weighted by Crippen LogP contribution is -2.01. The average Bonchev–Trinajstić information content (AvgIpc) is 2.66. The highest BCUT2D eigenvalue weighted by molar-refractivity contribution is 6.09. The van der Waals surface area contributed by atoms with Crippen LogP contribution in [-0.2, 0) is 0 Å². The summed E-state index contributed by atoms with van der Waals surface area (Å²) in [6.07, 6.45) is 4.90. The van der Waals surface area contributed by atoms with Gasteiger partial charge in [0.05, 0.1) is 24.2 Å². The van der Waals surface area contributed by atoms with Crippen molar-refractivity contribution in [3.63, 3.8) is 0 Å². The third-order valence-electron chi connectivity index (χ3n) is 3.74. The van der Waals surface area contributed by atoms with Crippen molar-refractivity contribution in [2.24, 2.45) is 0 Å². The molecule has 6 nitrogen and oxygen atoms in total. The Morgan fingerprint density at radius 1 is 1.19 bits per heavy atom. The molecule has 0 bridgehead atoms. The second-order valence-corrected chi connectivity index (χ2v) is 5.58. The van der Waals surface area contributed by atoms with E-state index in [4.69, 9.17) is 9.47 Å². The standard InChI is InChI=1S/C20H21NO5/c1-3-4-13-26-19-12-10-15(14-20(19)25-2)9-11-18(22)16-7-5-6-8-17(16)21(23)24/h5-12,14H,3-4,13H2,1-2H3/b11-9+. The van der Waals surface area contributed by atoms with Crippen molar-refractivity contribution in [3.05, 3.63) is 69.8 Å². The van der Waals surface area contributed by atoms with Gasteiger partial charge in [-0.2, -0.15) is 0 Å². The van der Waals surface area contributed by atoms with E-state index < -0.39 is 10.7 Å². The summed E-state index contributed by atoms with van der Waals surface area (Å²) in [7, 11) is 1.55. The third-order valence-corrected chi connectivity index (χ3v) is 3.74. The van der Waals surface area contributed by atoms with Gasteiger partial charge in [-0.1, -0.05) is 37.6 Å². The fraction of sp³-hybridized carbons (Fsp3) is 0.250. The van der Waals surface area contributed by atoms with Gasteiger partial charge in [0.1, 0.15) is 0 Å². The van der Waals surface area contributed by atoms with Crippen LogP contribution >= 0.6 is 0 Å². The Kier molecular flexibility index (Phi) is 6.91. The van der Waals surface area contributed by atoms with Gasteiger partial charge in [-0.25, -0.2) is 0 Å². The SMILES string of the molecule is CCCCOc1ccc(/C=C/C(=O)c2ccccc2[N+](=O)[O-])cc1OC. The number of methoxy groups -OCH3 is 1. The minimum Gasteiger partial charge on any atom is -0.493 e. The van der Waals surface area contributed by atoms with Gasteiger partial charge in [0.25, 0.3) is 5.69 Å². The zero-order chi connectivity index (χ0) is 18.9. The summed E-state index contributed by atoms with van der Waals surface area (Å²) in [5.41, 5.74) is 0.580. The molecule has 0 heterocycles. The van der Waals surface area contributed by atoms with Crippen molar-refractivity contribution in [1.29, 1.82) is 0 Å². The number of ketones is 1. The lowest BCUT2D eigenvalue weighted by Gasteiger charge is -2.10. The molecule has 2 aromatic carbocycles. The summed E-state index contributed by atoms with van der Waals surface area (Å²) in [5.74, 6) is 0.782. The zero-order valence-corrected chi connectivity index (χ0v) is 14.8. The molecular formula is C20H21NO5. The van der Waals surface area contributed by atoms with Crippen LogP contribution in [0.4, 0.5) is 5.69 Å². The van der Waals surface area contributed by atoms with Crippen LogP contribution in [0.1, 0.15) is 35.7 Å². The predicted octanol–water partition coefficient (Wildman–Crippen LogP) is 4.68. The number of carbonyl (C=O) groups is 1. The Morgan fingerprint density at radius 2 is 1.96 bits per heavy atom. The fourth-order valence-corrected chi connectivity index (χ4v) is 2.34. The first-order valence-corrected chi connectivity index (χ1v) is 8.33. The molecule has 0 radical (unpaired) electrons. The summed E-state index contributed by atoms with van der Waals surface area (Å²) in [6, 6.07) is 11.2. The molecule has 0 amide bonds. The molecule has 0 fully saturated rings. The smallest absolute Gasteiger partial charge is 0.280 e. The van der Waals surface area contributed by atoms with Gasteiger partial charge in [0.15, 0.2) is 17.3 Å². The second kappa shape index (κ2) is 9.36. The lowest BCUT2D eigenvalue weighted by atomic mass is 10.1. The quantitative estimate of drug-likeness (QED) is 0.215. The number of hydrogen-bond acceptors (Lipinski definition) is 5. The Labute approximate surface area is 152 Å². The number of unbranched alkanes of at least 4 members (excludes halogenated alkanes) is 1. The van der Waals surface area contributed by atoms with Crippen LogP contribution in [0.25, 0.3) is 6.08 Å². The molecule has 136 valence electrons. The van der Waals surface area contributed by atoms with Crippen LogP contribution in [0.15, 0.2) is 48.5 Å². The summed E-state index contributed by atoms with van der Waals surface area (Å²) < 4.78 is 11.0. The van der Waals surface area contributed by atoms with E-state index in [0.717, 1.165) is 18.4 Å². The molecule has 0 unspecified atom stereocenters. The van der Waals surface area contributed by atoms with Gasteiger partial charge in [0.2, 0.25) is 0 Å². The molecule has 0 aliphatic rings. The van der Waals surface area contributed by atoms with Gasteiger partial charge in [0, 0.05) is 6.07 Å². The summed E-state index contributed by atoms with van der Waals surface area (Å²) in [6.45, 7) is 2.70. The highest BCUT2D eigenvalue weighted by Gasteiger charge is 2.17. The molecular weight excluding hydrogens is 334 g/mol. The summed E-state index contributed by atoms with van der Waals surface area (Å²) >= 11 is 0. The number of nitro groups is 1. The van der Waals surface area contributed by atoms with Gasteiger partial charge in [-0.15, -0.1) is 0 Å². The van der Waals surface area contributed by atoms with E-state index in [1.54, 1.807) is 37.5 Å². The van der Waals surface area contributed by atoms with Crippen LogP contribution < -0.4 is 9.47 Å². The largest absolute Gasteiger partial charge is 0.493 e. The van der Waals surface area contributed by atoms with Crippen LogP contribution in [-0.4, -0.2) is 24.4 Å². The third kappa shape index (κ3) is 4.92. The van der Waals surface area contributed by atoms with E-state index in [2.05, 4.69) is 6.92 Å². The lowest BCUT2D eigenvalue weighted by molar-refractivity contribution is -0.385. The number of rotatable bonds is 9. The number of carbonyl (C=O) groups excluding carboxylic acids is 1. The van der Waals surface area contributed by atoms with Crippen molar-refractivity contribution in [2.75, 3.05) is 13.7 Å². The van der Waals surface area contributed by atoms with E-state index >= 15 is 0 Å². The molecule has 0 N–H and O–H groups in total. The average molecular weight is 355 g/mol. The van der Waals surface area contributed by atoms with Crippen molar-refractivity contribution < 1.29 is 19.2 Å². The molecule has 0 spiro atoms. The zero-order valence-electron chi connectivity index (χ0n) is 14.8. The van der Waals surface area contributed by atoms with Gasteiger partial charge >= 0.3 is 0 Å². The first-order chi connectivity index (χ1) is 12.6. The molecule has 0 atom stereocenters. The molecule has 0 aromatic heterocycles. The first kappa shape index (κ1) is 19.2. The Hall–Kier alpha value is -3.15. The summed E-state index contributed by atoms with van der Waals surface area (Å²) in [5, 5.41) is 11.0. The second-order valence-electron chi connectivity index (χ2n) is 5.58. The van der Waals surface area contributed by atoms with Crippen LogP contribution in [0, 0.1) is 10.1 Å². The van der Waals surface area contributed by atoms with E-state index in [-0.39, 0.29) is 11.3 Å². The van der Waals surface area contributed by atoms with Crippen molar-refractivity contribution >= 4 is 17.5 Å². The van der Waals surface area contributed by atoms with Gasteiger partial charge in [-0.05, 0) is 36.3 Å². The number of hydrogen-bond donors (Lipinski definition) is 0. The van der Waals surface area contributed by atoms with Crippen LogP contribution in [0.3, 0.4) is 0 Å². The highest BCUT2D eigenvalue weighted by Crippen LogP contribution is 2.29. The molecule has 0 aliphatic carbocycles. The predicted molar refractivity (Wildman–Crippen MR) is 99.9 cm³/mol. The topological polar surface area (TPSA) is 78.7 Å². The number of benzene rings is 2. The normalized spacial score (nSPS) is 10.7. The maximum Gasteiger partial charge on any atom is 0.280 e. The Bertz CT molecular complexity index is 814. The number of nitrogens with zero attached hydrogens (tertiary/aromatic N) is 1. The van der Waals surface area contributed by atoms with Crippen LogP contribution in [0.2, 0.25) is 0 Å². The molecule has 0 saturated heterocycles. The molecule has 26 heavy (non-hydrogen) atoms. The van der Waals surface area contributed by atoms with Crippen LogP contribution in [0.5, 0.6) is 11.5 Å². The Balaban J connectivity index is 2.17. The fourth-order valence-electron chi connectivity index (χ4n) is 2.34. The molecule has 0 aliphatic heterocycles. The molecule has 0 saturated carbocycles. The monoisotopic (exact) mass is 355 g/mol. The number of allylic oxidation sites excluding steroid dienone is 1. The van der Waals surface area contributed by atoms with E-state index in [1.165, 1.54) is 24.3 Å². The van der Waals surface area contributed by atoms with Crippen molar-refractivity contribution in [1.82, 2.24) is 0 Å². The first-order valence-electron chi connectivity index (χ1n) is 8.33. The Morgan fingerprint density at radius 3 is 2.65 bits per heavy atom. The number of para-hydroxylation sites is 1. The summed E-state index contributed by atoms with van der Waals surface area (Å²) in [4.78, 5) is 22.8. The van der Waals surface area contributed by atoms with E-state index in [0.29, 0.717) is 18.1 Å². The maximum absolute atomic E-state index is 12.3. The van der Waals surface area contributed by atoms with Gasteiger partial charge < -0.3 is 9.47 Å². The van der Waals surface area contributed by atoms with E-state index in [1.807, 2.05) is 0 Å². The van der Waals surface area contributed by atoms with Gasteiger partial charge in [-0.3, -0.25) is 14.9 Å². The molecule has 6 heteroatoms. The van der Waals surface area contributed by atoms with E-state index in [9.17, 15) is 14.9 Å². The van der Waals surface area contributed by atoms with Crippen molar-refractivity contribution in [3.8, 4) is 11.5 Å². The number of ether oxygens (including phenoxy) is 2. The minimum atomic E-state index is -0.563. The minimum absolute atomic E-state index is 0.0558. The van der Waals surface area contributed by atoms with Crippen molar-refractivity contribution in [2.45, 2.75) is 19.8 Å².